The average molecular weight is 448 g/mol. The van der Waals surface area contributed by atoms with Crippen LogP contribution < -0.4 is 10.2 Å². The number of hydrogen-bond donors (Lipinski definition) is 1. The fraction of sp³-hybridized carbons (Fsp3) is 0.200. The molecule has 1 amide bonds. The number of hydrazone groups is 1. The molecule has 5 heteroatoms. The van der Waals surface area contributed by atoms with Gasteiger partial charge in [-0.1, -0.05) is 36.4 Å². The van der Waals surface area contributed by atoms with Gasteiger partial charge in [-0.05, 0) is 78.3 Å². The monoisotopic (exact) mass is 448 g/mol. The molecular weight excluding hydrogens is 427 g/mol. The van der Waals surface area contributed by atoms with Crippen LogP contribution in [-0.2, 0) is 4.79 Å². The van der Waals surface area contributed by atoms with Crippen molar-refractivity contribution in [2.75, 3.05) is 6.61 Å². The molecule has 0 aromatic heterocycles. The number of ether oxygens (including phenoxy) is 1. The predicted molar refractivity (Wildman–Crippen MR) is 111 cm³/mol. The summed E-state index contributed by atoms with van der Waals surface area (Å²) in [7, 11) is 0. The zero-order valence-corrected chi connectivity index (χ0v) is 16.7. The molecule has 0 unspecified atom stereocenters. The fourth-order valence-corrected chi connectivity index (χ4v) is 3.20. The van der Waals surface area contributed by atoms with Gasteiger partial charge in [0, 0.05) is 3.57 Å². The number of rotatable bonds is 6. The first-order valence-corrected chi connectivity index (χ1v) is 8.99. The summed E-state index contributed by atoms with van der Waals surface area (Å²) in [6, 6.07) is 14.0. The van der Waals surface area contributed by atoms with E-state index in [1.54, 1.807) is 0 Å². The Morgan fingerprint density at radius 2 is 1.84 bits per heavy atom. The van der Waals surface area contributed by atoms with Crippen LogP contribution in [0.15, 0.2) is 53.6 Å². The van der Waals surface area contributed by atoms with Crippen LogP contribution in [0.1, 0.15) is 23.6 Å². The molecule has 4 nitrogen and oxygen atoms in total. The van der Waals surface area contributed by atoms with Gasteiger partial charge in [0.2, 0.25) is 0 Å². The van der Waals surface area contributed by atoms with Gasteiger partial charge in [0.25, 0.3) is 5.91 Å². The van der Waals surface area contributed by atoms with Gasteiger partial charge >= 0.3 is 0 Å². The van der Waals surface area contributed by atoms with E-state index in [2.05, 4.69) is 33.1 Å². The van der Waals surface area contributed by atoms with Gasteiger partial charge < -0.3 is 4.74 Å². The molecule has 0 heterocycles. The largest absolute Gasteiger partial charge is 0.483 e. The molecule has 0 atom stereocenters. The average Bonchev–Trinajstić information content (AvgIpc) is 2.58. The Kier molecular flexibility index (Phi) is 7.18. The molecule has 1 N–H and O–H groups in total. The summed E-state index contributed by atoms with van der Waals surface area (Å²) >= 11 is 2.26. The molecule has 130 valence electrons. The van der Waals surface area contributed by atoms with Gasteiger partial charge in [-0.2, -0.15) is 5.10 Å². The Morgan fingerprint density at radius 1 is 1.20 bits per heavy atom. The minimum atomic E-state index is -0.287. The lowest BCUT2D eigenvalue weighted by Gasteiger charge is -2.12. The first kappa shape index (κ1) is 19.2. The van der Waals surface area contributed by atoms with Gasteiger partial charge in [-0.25, -0.2) is 5.43 Å². The smallest absolute Gasteiger partial charge is 0.277 e. The maximum Gasteiger partial charge on any atom is 0.277 e. The Morgan fingerprint density at radius 3 is 2.48 bits per heavy atom. The third-order valence-corrected chi connectivity index (χ3v) is 4.07. The van der Waals surface area contributed by atoms with E-state index in [9.17, 15) is 4.79 Å². The normalized spacial score (nSPS) is 11.6. The second kappa shape index (κ2) is 9.36. The first-order valence-electron chi connectivity index (χ1n) is 7.91. The van der Waals surface area contributed by atoms with Crippen molar-refractivity contribution < 1.29 is 9.53 Å². The maximum absolute atomic E-state index is 11.9. The van der Waals surface area contributed by atoms with Crippen molar-refractivity contribution in [1.82, 2.24) is 5.43 Å². The number of carbonyl (C=O) groups is 1. The van der Waals surface area contributed by atoms with Crippen molar-refractivity contribution in [1.29, 1.82) is 0 Å². The number of allylic oxidation sites excluding steroid dienone is 1. The molecule has 0 spiro atoms. The van der Waals surface area contributed by atoms with Crippen LogP contribution in [0, 0.1) is 17.4 Å². The van der Waals surface area contributed by atoms with Gasteiger partial charge in [-0.15, -0.1) is 0 Å². The van der Waals surface area contributed by atoms with E-state index >= 15 is 0 Å². The lowest BCUT2D eigenvalue weighted by Crippen LogP contribution is -2.25. The topological polar surface area (TPSA) is 50.7 Å². The third kappa shape index (κ3) is 6.34. The van der Waals surface area contributed by atoms with E-state index in [4.69, 9.17) is 4.74 Å². The molecule has 0 saturated carbocycles. The summed E-state index contributed by atoms with van der Waals surface area (Å²) in [5.41, 5.74) is 6.33. The Labute approximate surface area is 162 Å². The minimum absolute atomic E-state index is 0.0680. The van der Waals surface area contributed by atoms with Gasteiger partial charge in [0.15, 0.2) is 6.61 Å². The van der Waals surface area contributed by atoms with Crippen LogP contribution >= 0.6 is 22.6 Å². The molecule has 2 aromatic rings. The zero-order valence-electron chi connectivity index (χ0n) is 14.5. The molecule has 0 fully saturated rings. The van der Waals surface area contributed by atoms with Gasteiger partial charge in [0.1, 0.15) is 5.75 Å². The molecule has 0 aliphatic carbocycles. The van der Waals surface area contributed by atoms with Crippen molar-refractivity contribution in [2.45, 2.75) is 20.8 Å². The summed E-state index contributed by atoms with van der Waals surface area (Å²) in [4.78, 5) is 11.9. The second-order valence-electron chi connectivity index (χ2n) is 5.69. The molecule has 2 rings (SSSR count). The Bertz CT molecular complexity index is 776. The van der Waals surface area contributed by atoms with Crippen LogP contribution in [0.3, 0.4) is 0 Å². The summed E-state index contributed by atoms with van der Waals surface area (Å²) in [6.45, 7) is 5.70. The molecule has 0 aliphatic rings. The van der Waals surface area contributed by atoms with Gasteiger partial charge in [-0.3, -0.25) is 4.79 Å². The van der Waals surface area contributed by atoms with E-state index in [1.165, 1.54) is 0 Å². The first-order chi connectivity index (χ1) is 12.0. The van der Waals surface area contributed by atoms with E-state index in [-0.39, 0.29) is 12.5 Å². The SMILES string of the molecule is CC(/C=C/c1ccccc1)=N/NC(=O)COc1c(C)cc(I)cc1C. The van der Waals surface area contributed by atoms with E-state index in [0.29, 0.717) is 5.71 Å². The number of hydrogen-bond acceptors (Lipinski definition) is 3. The highest BCUT2D eigenvalue weighted by Gasteiger charge is 2.08. The van der Waals surface area contributed by atoms with Crippen molar-refractivity contribution in [3.63, 3.8) is 0 Å². The van der Waals surface area contributed by atoms with Crippen molar-refractivity contribution in [3.8, 4) is 5.75 Å². The van der Waals surface area contributed by atoms with Crippen molar-refractivity contribution in [2.24, 2.45) is 5.10 Å². The standard InChI is InChI=1S/C20H21IN2O2/c1-14-11-18(21)12-15(2)20(14)25-13-19(24)23-22-16(3)9-10-17-7-5-4-6-8-17/h4-12H,13H2,1-3H3,(H,23,24)/b10-9+,22-16-. The minimum Gasteiger partial charge on any atom is -0.483 e. The van der Waals surface area contributed by atoms with Gasteiger partial charge in [0.05, 0.1) is 5.71 Å². The number of amides is 1. The predicted octanol–water partition coefficient (Wildman–Crippen LogP) is 4.49. The summed E-state index contributed by atoms with van der Waals surface area (Å²) in [5, 5.41) is 4.06. The van der Waals surface area contributed by atoms with E-state index in [1.807, 2.05) is 75.4 Å². The molecule has 0 bridgehead atoms. The highest BCUT2D eigenvalue weighted by atomic mass is 127. The molecule has 0 radical (unpaired) electrons. The highest BCUT2D eigenvalue weighted by molar-refractivity contribution is 14.1. The molecule has 0 aliphatic heterocycles. The molecule has 0 saturated heterocycles. The lowest BCUT2D eigenvalue weighted by atomic mass is 10.1. The zero-order chi connectivity index (χ0) is 18.2. The Balaban J connectivity index is 1.87. The van der Waals surface area contributed by atoms with Crippen molar-refractivity contribution >= 4 is 40.3 Å². The van der Waals surface area contributed by atoms with Crippen LogP contribution in [0.2, 0.25) is 0 Å². The number of aryl methyl sites for hydroxylation is 2. The Hall–Kier alpha value is -2.15. The fourth-order valence-electron chi connectivity index (χ4n) is 2.26. The number of nitrogens with zero attached hydrogens (tertiary/aromatic N) is 1. The second-order valence-corrected chi connectivity index (χ2v) is 6.94. The van der Waals surface area contributed by atoms with Crippen LogP contribution in [0.25, 0.3) is 6.08 Å². The third-order valence-electron chi connectivity index (χ3n) is 3.45. The number of carbonyl (C=O) groups excluding carboxylic acids is 1. The maximum atomic E-state index is 11.9. The lowest BCUT2D eigenvalue weighted by molar-refractivity contribution is -0.123. The van der Waals surface area contributed by atoms with Crippen LogP contribution in [0.4, 0.5) is 0 Å². The van der Waals surface area contributed by atoms with E-state index < -0.39 is 0 Å². The number of nitrogens with one attached hydrogen (secondary N) is 1. The highest BCUT2D eigenvalue weighted by Crippen LogP contribution is 2.25. The van der Waals surface area contributed by atoms with Crippen LogP contribution in [-0.4, -0.2) is 18.2 Å². The molecule has 25 heavy (non-hydrogen) atoms. The molecular formula is C20H21IN2O2. The van der Waals surface area contributed by atoms with Crippen LogP contribution in [0.5, 0.6) is 5.75 Å². The molecule has 2 aromatic carbocycles. The number of halogens is 1. The van der Waals surface area contributed by atoms with Crippen molar-refractivity contribution in [3.05, 3.63) is 68.8 Å². The van der Waals surface area contributed by atoms with E-state index in [0.717, 1.165) is 26.0 Å². The number of benzene rings is 2. The summed E-state index contributed by atoms with van der Waals surface area (Å²) < 4.78 is 6.79. The summed E-state index contributed by atoms with van der Waals surface area (Å²) in [6.07, 6.45) is 3.80. The quantitative estimate of drug-likeness (QED) is 0.402. The summed E-state index contributed by atoms with van der Waals surface area (Å²) in [5.74, 6) is 0.463.